The second-order valence-corrected chi connectivity index (χ2v) is 7.77. The summed E-state index contributed by atoms with van der Waals surface area (Å²) >= 11 is 0. The third-order valence-electron chi connectivity index (χ3n) is 5.27. The van der Waals surface area contributed by atoms with E-state index in [0.29, 0.717) is 43.9 Å². The molecule has 0 saturated heterocycles. The van der Waals surface area contributed by atoms with Crippen LogP contribution >= 0.6 is 0 Å². The summed E-state index contributed by atoms with van der Waals surface area (Å²) in [4.78, 5) is 0. The fourth-order valence-electron chi connectivity index (χ4n) is 3.48. The molecular formula is C26H30FNO4. The van der Waals surface area contributed by atoms with Gasteiger partial charge < -0.3 is 25.4 Å². The highest BCUT2D eigenvalue weighted by Gasteiger charge is 2.10. The molecular weight excluding hydrogens is 409 g/mol. The summed E-state index contributed by atoms with van der Waals surface area (Å²) in [6, 6.07) is 19.5. The predicted octanol–water partition coefficient (Wildman–Crippen LogP) is 3.65. The average Bonchev–Trinajstić information content (AvgIpc) is 2.80. The van der Waals surface area contributed by atoms with Crippen LogP contribution in [0.25, 0.3) is 0 Å². The van der Waals surface area contributed by atoms with E-state index >= 15 is 0 Å². The van der Waals surface area contributed by atoms with E-state index in [1.54, 1.807) is 18.2 Å². The van der Waals surface area contributed by atoms with E-state index in [-0.39, 0.29) is 18.2 Å². The molecule has 1 atom stereocenters. The van der Waals surface area contributed by atoms with Gasteiger partial charge in [-0.15, -0.1) is 0 Å². The monoisotopic (exact) mass is 439 g/mol. The van der Waals surface area contributed by atoms with E-state index in [0.717, 1.165) is 17.5 Å². The molecule has 0 spiro atoms. The van der Waals surface area contributed by atoms with Crippen LogP contribution in [-0.2, 0) is 30.8 Å². The minimum Gasteiger partial charge on any atom is -0.508 e. The molecule has 0 aromatic heterocycles. The maximum absolute atomic E-state index is 13.2. The van der Waals surface area contributed by atoms with Crippen molar-refractivity contribution >= 4 is 0 Å². The van der Waals surface area contributed by atoms with Gasteiger partial charge in [-0.25, -0.2) is 4.39 Å². The molecule has 170 valence electrons. The van der Waals surface area contributed by atoms with Crippen molar-refractivity contribution in [3.8, 4) is 5.75 Å². The van der Waals surface area contributed by atoms with Gasteiger partial charge in [0.15, 0.2) is 0 Å². The number of aromatic hydroxyl groups is 1. The number of phenols is 1. The van der Waals surface area contributed by atoms with Crippen LogP contribution in [0.1, 0.15) is 33.9 Å². The Labute approximate surface area is 188 Å². The highest BCUT2D eigenvalue weighted by atomic mass is 19.1. The number of halogens is 1. The lowest BCUT2D eigenvalue weighted by molar-refractivity contribution is 0.124. The summed E-state index contributed by atoms with van der Waals surface area (Å²) in [6.07, 6.45) is 0.755. The van der Waals surface area contributed by atoms with Crippen molar-refractivity contribution in [2.45, 2.75) is 32.2 Å². The lowest BCUT2D eigenvalue weighted by atomic mass is 10.0. The quantitative estimate of drug-likeness (QED) is 0.324. The minimum atomic E-state index is -0.723. The summed E-state index contributed by atoms with van der Waals surface area (Å²) in [5, 5.41) is 32.4. The van der Waals surface area contributed by atoms with Crippen LogP contribution in [0.5, 0.6) is 5.75 Å². The van der Waals surface area contributed by atoms with Crippen molar-refractivity contribution in [1.29, 1.82) is 0 Å². The van der Waals surface area contributed by atoms with Gasteiger partial charge in [0, 0.05) is 12.1 Å². The second kappa shape index (κ2) is 12.3. The molecule has 3 rings (SSSR count). The average molecular weight is 440 g/mol. The smallest absolute Gasteiger partial charge is 0.123 e. The Bertz CT molecular complexity index is 995. The zero-order valence-corrected chi connectivity index (χ0v) is 18.0. The summed E-state index contributed by atoms with van der Waals surface area (Å²) in [5.41, 5.74) is 4.23. The van der Waals surface area contributed by atoms with Crippen molar-refractivity contribution in [2.24, 2.45) is 0 Å². The van der Waals surface area contributed by atoms with Crippen LogP contribution < -0.4 is 5.32 Å². The lowest BCUT2D eigenvalue weighted by Crippen LogP contribution is -2.23. The first kappa shape index (κ1) is 23.9. The Morgan fingerprint density at radius 2 is 1.66 bits per heavy atom. The molecule has 0 amide bonds. The highest BCUT2D eigenvalue weighted by molar-refractivity contribution is 5.36. The fraction of sp³-hybridized carbons (Fsp3) is 0.308. The number of benzene rings is 3. The van der Waals surface area contributed by atoms with Gasteiger partial charge in [0.1, 0.15) is 11.6 Å². The first-order chi connectivity index (χ1) is 15.5. The van der Waals surface area contributed by atoms with Gasteiger partial charge >= 0.3 is 0 Å². The third kappa shape index (κ3) is 7.43. The number of hydrogen-bond donors (Lipinski definition) is 4. The molecule has 6 heteroatoms. The minimum absolute atomic E-state index is 0.0224. The second-order valence-electron chi connectivity index (χ2n) is 7.77. The van der Waals surface area contributed by atoms with Crippen molar-refractivity contribution in [2.75, 3.05) is 19.7 Å². The van der Waals surface area contributed by atoms with Gasteiger partial charge in [-0.3, -0.25) is 0 Å². The maximum Gasteiger partial charge on any atom is 0.123 e. The Balaban J connectivity index is 1.38. The molecule has 5 nitrogen and oxygen atoms in total. The zero-order valence-electron chi connectivity index (χ0n) is 18.0. The number of ether oxygens (including phenoxy) is 1. The first-order valence-electron chi connectivity index (χ1n) is 10.8. The van der Waals surface area contributed by atoms with E-state index in [1.165, 1.54) is 23.8 Å². The number of nitrogens with one attached hydrogen (secondary N) is 1. The Morgan fingerprint density at radius 3 is 2.44 bits per heavy atom. The SMILES string of the molecule is OCc1cc([C@@H](O)CNCCc2cccc(COCCc3cccc(F)c3)c2)ccc1O. The van der Waals surface area contributed by atoms with E-state index in [4.69, 9.17) is 4.74 Å². The molecule has 0 saturated carbocycles. The van der Waals surface area contributed by atoms with E-state index in [1.807, 2.05) is 18.2 Å². The molecule has 0 aliphatic rings. The van der Waals surface area contributed by atoms with Crippen LogP contribution in [0, 0.1) is 5.82 Å². The van der Waals surface area contributed by atoms with Gasteiger partial charge in [-0.1, -0.05) is 42.5 Å². The Kier molecular flexibility index (Phi) is 9.19. The largest absolute Gasteiger partial charge is 0.508 e. The number of aliphatic hydroxyl groups is 2. The molecule has 4 N–H and O–H groups in total. The van der Waals surface area contributed by atoms with Crippen LogP contribution in [0.3, 0.4) is 0 Å². The van der Waals surface area contributed by atoms with E-state index in [9.17, 15) is 19.7 Å². The van der Waals surface area contributed by atoms with E-state index < -0.39 is 6.10 Å². The van der Waals surface area contributed by atoms with Crippen molar-refractivity contribution in [3.05, 3.63) is 100 Å². The molecule has 0 heterocycles. The lowest BCUT2D eigenvalue weighted by Gasteiger charge is -2.14. The first-order valence-corrected chi connectivity index (χ1v) is 10.8. The van der Waals surface area contributed by atoms with Crippen LogP contribution in [-0.4, -0.2) is 35.0 Å². The van der Waals surface area contributed by atoms with Gasteiger partial charge in [0.25, 0.3) is 0 Å². The fourth-order valence-corrected chi connectivity index (χ4v) is 3.48. The normalized spacial score (nSPS) is 12.1. The summed E-state index contributed by atoms with van der Waals surface area (Å²) < 4.78 is 19.0. The summed E-state index contributed by atoms with van der Waals surface area (Å²) in [6.45, 7) is 1.83. The van der Waals surface area contributed by atoms with Gasteiger partial charge in [-0.2, -0.15) is 0 Å². The number of hydrogen-bond acceptors (Lipinski definition) is 5. The van der Waals surface area contributed by atoms with Crippen molar-refractivity contribution < 1.29 is 24.4 Å². The molecule has 0 unspecified atom stereocenters. The standard InChI is InChI=1S/C26H30FNO4/c27-24-6-2-4-20(14-24)10-12-32-18-21-5-1-3-19(13-21)9-11-28-16-26(31)22-7-8-25(30)23(15-22)17-29/h1-8,13-15,26,28-31H,9-12,16-18H2/t26-/m0/s1. The maximum atomic E-state index is 13.2. The number of aliphatic hydroxyl groups excluding tert-OH is 2. The van der Waals surface area contributed by atoms with Crippen LogP contribution in [0.2, 0.25) is 0 Å². The van der Waals surface area contributed by atoms with E-state index in [2.05, 4.69) is 17.4 Å². The molecule has 0 aliphatic carbocycles. The molecule has 3 aromatic rings. The predicted molar refractivity (Wildman–Crippen MR) is 122 cm³/mol. The number of rotatable bonds is 12. The van der Waals surface area contributed by atoms with Crippen molar-refractivity contribution in [3.63, 3.8) is 0 Å². The Morgan fingerprint density at radius 1 is 0.906 bits per heavy atom. The zero-order chi connectivity index (χ0) is 22.8. The summed E-state index contributed by atoms with van der Waals surface area (Å²) in [7, 11) is 0. The molecule has 0 aliphatic heterocycles. The van der Waals surface area contributed by atoms with Gasteiger partial charge in [0.2, 0.25) is 0 Å². The van der Waals surface area contributed by atoms with Crippen molar-refractivity contribution in [1.82, 2.24) is 5.32 Å². The highest BCUT2D eigenvalue weighted by Crippen LogP contribution is 2.22. The topological polar surface area (TPSA) is 82.0 Å². The molecule has 32 heavy (non-hydrogen) atoms. The molecule has 3 aromatic carbocycles. The van der Waals surface area contributed by atoms with Gasteiger partial charge in [-0.05, 0) is 65.9 Å². The summed E-state index contributed by atoms with van der Waals surface area (Å²) in [5.74, 6) is -0.205. The molecule has 0 bridgehead atoms. The van der Waals surface area contributed by atoms with Gasteiger partial charge in [0.05, 0.1) is 25.9 Å². The van der Waals surface area contributed by atoms with Crippen LogP contribution in [0.15, 0.2) is 66.7 Å². The Hall–Kier alpha value is -2.77. The molecule has 0 radical (unpaired) electrons. The molecule has 0 fully saturated rings. The van der Waals surface area contributed by atoms with Crippen LogP contribution in [0.4, 0.5) is 4.39 Å². The third-order valence-corrected chi connectivity index (χ3v) is 5.27.